The zero-order valence-electron chi connectivity index (χ0n) is 22.4. The van der Waals surface area contributed by atoms with Crippen LogP contribution in [0.3, 0.4) is 0 Å². The fourth-order valence-corrected chi connectivity index (χ4v) is 4.55. The van der Waals surface area contributed by atoms with Gasteiger partial charge >= 0.3 is 6.09 Å². The summed E-state index contributed by atoms with van der Waals surface area (Å²) in [6.45, 7) is 7.96. The average Bonchev–Trinajstić information content (AvgIpc) is 3.36. The van der Waals surface area contributed by atoms with Crippen LogP contribution in [0.15, 0.2) is 36.7 Å². The van der Waals surface area contributed by atoms with Crippen molar-refractivity contribution in [3.63, 3.8) is 0 Å². The number of nitrogens with one attached hydrogen (secondary N) is 2. The second-order valence-electron chi connectivity index (χ2n) is 10.8. The Morgan fingerprint density at radius 1 is 1.08 bits per heavy atom. The summed E-state index contributed by atoms with van der Waals surface area (Å²) in [4.78, 5) is 36.7. The Bertz CT molecular complexity index is 931. The molecule has 0 radical (unpaired) electrons. The molecule has 2 amide bonds. The number of unbranched alkanes of at least 4 members (excludes halogenated alkanes) is 1. The van der Waals surface area contributed by atoms with E-state index in [0.717, 1.165) is 31.0 Å². The molecule has 0 aliphatic heterocycles. The first-order valence-electron chi connectivity index (χ1n) is 13.2. The number of rotatable bonds is 11. The van der Waals surface area contributed by atoms with Gasteiger partial charge in [0.1, 0.15) is 11.4 Å². The van der Waals surface area contributed by atoms with Gasteiger partial charge in [-0.3, -0.25) is 9.69 Å². The van der Waals surface area contributed by atoms with Crippen LogP contribution in [0.2, 0.25) is 0 Å². The van der Waals surface area contributed by atoms with Crippen molar-refractivity contribution in [1.29, 1.82) is 0 Å². The highest BCUT2D eigenvalue weighted by molar-refractivity contribution is 5.94. The number of hydrogen-bond acceptors (Lipinski definition) is 5. The molecule has 2 N–H and O–H groups in total. The van der Waals surface area contributed by atoms with E-state index < -0.39 is 11.7 Å². The molecule has 8 nitrogen and oxygen atoms in total. The number of hydrogen-bond donors (Lipinski definition) is 2. The topological polar surface area (TPSA) is 90.6 Å². The molecule has 1 aromatic heterocycles. The van der Waals surface area contributed by atoms with Gasteiger partial charge in [0.2, 0.25) is 0 Å². The monoisotopic (exact) mass is 497 g/mol. The number of benzene rings is 1. The Kier molecular flexibility index (Phi) is 10.3. The van der Waals surface area contributed by atoms with E-state index in [9.17, 15) is 9.59 Å². The standard InChI is InChI=1S/C28H43N5O3/c1-28(2,3)36-27(35)33(21-25-29-17-18-30-25)20-22-12-14-23(15-13-22)26(34)31-16-8-9-19-32(4)24-10-6-5-7-11-24/h12-15,17-18,24H,5-11,16,19-21H2,1-4H3,(H,29,30)(H,31,34). The Balaban J connectivity index is 1.45. The van der Waals surface area contributed by atoms with Gasteiger partial charge in [-0.05, 0) is 77.7 Å². The van der Waals surface area contributed by atoms with Crippen molar-refractivity contribution >= 4 is 12.0 Å². The molecule has 1 fully saturated rings. The predicted octanol–water partition coefficient (Wildman–Crippen LogP) is 5.12. The van der Waals surface area contributed by atoms with Crippen molar-refractivity contribution in [2.24, 2.45) is 0 Å². The fraction of sp³-hybridized carbons (Fsp3) is 0.607. The van der Waals surface area contributed by atoms with Crippen LogP contribution in [0, 0.1) is 0 Å². The SMILES string of the molecule is CN(CCCCNC(=O)c1ccc(CN(Cc2ncc[nH]2)C(=O)OC(C)(C)C)cc1)C1CCCCC1. The summed E-state index contributed by atoms with van der Waals surface area (Å²) in [5, 5.41) is 3.03. The lowest BCUT2D eigenvalue weighted by Crippen LogP contribution is -2.36. The minimum absolute atomic E-state index is 0.0678. The molecule has 1 heterocycles. The summed E-state index contributed by atoms with van der Waals surface area (Å²) in [5.74, 6) is 0.614. The van der Waals surface area contributed by atoms with E-state index in [0.29, 0.717) is 31.0 Å². The van der Waals surface area contributed by atoms with Crippen molar-refractivity contribution in [1.82, 2.24) is 25.1 Å². The lowest BCUT2D eigenvalue weighted by molar-refractivity contribution is 0.0211. The van der Waals surface area contributed by atoms with E-state index in [2.05, 4.69) is 27.2 Å². The van der Waals surface area contributed by atoms with Crippen LogP contribution in [-0.4, -0.2) is 63.5 Å². The molecule has 2 aromatic rings. The van der Waals surface area contributed by atoms with Gasteiger partial charge in [-0.2, -0.15) is 0 Å². The molecular formula is C28H43N5O3. The van der Waals surface area contributed by atoms with Crippen LogP contribution in [0.1, 0.15) is 87.5 Å². The first-order chi connectivity index (χ1) is 17.2. The van der Waals surface area contributed by atoms with Crippen LogP contribution < -0.4 is 5.32 Å². The number of nitrogens with zero attached hydrogens (tertiary/aromatic N) is 3. The minimum atomic E-state index is -0.592. The molecule has 198 valence electrons. The van der Waals surface area contributed by atoms with Gasteiger partial charge in [0.25, 0.3) is 5.91 Å². The molecule has 1 aliphatic rings. The highest BCUT2D eigenvalue weighted by Crippen LogP contribution is 2.21. The van der Waals surface area contributed by atoms with Gasteiger partial charge in [-0.15, -0.1) is 0 Å². The second kappa shape index (κ2) is 13.4. The number of aromatic nitrogens is 2. The molecule has 0 bridgehead atoms. The molecule has 1 aliphatic carbocycles. The third-order valence-electron chi connectivity index (χ3n) is 6.56. The third-order valence-corrected chi connectivity index (χ3v) is 6.56. The summed E-state index contributed by atoms with van der Waals surface area (Å²) in [6, 6.07) is 8.11. The third kappa shape index (κ3) is 9.30. The molecule has 0 saturated heterocycles. The van der Waals surface area contributed by atoms with Crippen molar-refractivity contribution in [3.05, 3.63) is 53.6 Å². The van der Waals surface area contributed by atoms with Crippen LogP contribution in [0.25, 0.3) is 0 Å². The lowest BCUT2D eigenvalue weighted by Gasteiger charge is -2.31. The lowest BCUT2D eigenvalue weighted by atomic mass is 9.94. The summed E-state index contributed by atoms with van der Waals surface area (Å²) in [6.07, 6.45) is 11.8. The quantitative estimate of drug-likeness (QED) is 0.421. The maximum Gasteiger partial charge on any atom is 0.410 e. The van der Waals surface area contributed by atoms with Crippen LogP contribution in [0.4, 0.5) is 4.79 Å². The van der Waals surface area contributed by atoms with Crippen LogP contribution in [-0.2, 0) is 17.8 Å². The summed E-state index contributed by atoms with van der Waals surface area (Å²) in [7, 11) is 2.23. The summed E-state index contributed by atoms with van der Waals surface area (Å²) in [5.41, 5.74) is 0.939. The van der Waals surface area contributed by atoms with Crippen molar-refractivity contribution < 1.29 is 14.3 Å². The smallest absolute Gasteiger partial charge is 0.410 e. The largest absolute Gasteiger partial charge is 0.444 e. The molecule has 8 heteroatoms. The van der Waals surface area contributed by atoms with E-state index in [1.165, 1.54) is 32.1 Å². The Hall–Kier alpha value is -2.87. The summed E-state index contributed by atoms with van der Waals surface area (Å²) < 4.78 is 5.57. The van der Waals surface area contributed by atoms with Gasteiger partial charge in [0.15, 0.2) is 0 Å². The van der Waals surface area contributed by atoms with E-state index in [1.54, 1.807) is 17.3 Å². The van der Waals surface area contributed by atoms with Gasteiger partial charge in [0, 0.05) is 37.1 Å². The average molecular weight is 498 g/mol. The summed E-state index contributed by atoms with van der Waals surface area (Å²) >= 11 is 0. The zero-order valence-corrected chi connectivity index (χ0v) is 22.4. The van der Waals surface area contributed by atoms with Gasteiger partial charge in [-0.1, -0.05) is 31.4 Å². The van der Waals surface area contributed by atoms with Crippen molar-refractivity contribution in [3.8, 4) is 0 Å². The number of carbonyl (C=O) groups excluding carboxylic acids is 2. The van der Waals surface area contributed by atoms with Gasteiger partial charge in [0.05, 0.1) is 6.54 Å². The molecule has 0 unspecified atom stereocenters. The van der Waals surface area contributed by atoms with Crippen LogP contribution in [0.5, 0.6) is 0 Å². The number of amides is 2. The first-order valence-corrected chi connectivity index (χ1v) is 13.2. The fourth-order valence-electron chi connectivity index (χ4n) is 4.55. The van der Waals surface area contributed by atoms with E-state index in [1.807, 2.05) is 45.0 Å². The maximum absolute atomic E-state index is 12.8. The van der Waals surface area contributed by atoms with Crippen LogP contribution >= 0.6 is 0 Å². The number of aromatic amines is 1. The van der Waals surface area contributed by atoms with E-state index in [-0.39, 0.29) is 5.91 Å². The minimum Gasteiger partial charge on any atom is -0.444 e. The normalized spacial score (nSPS) is 14.6. The number of imidazole rings is 1. The molecule has 36 heavy (non-hydrogen) atoms. The van der Waals surface area contributed by atoms with Gasteiger partial charge < -0.3 is 19.9 Å². The van der Waals surface area contributed by atoms with Crippen molar-refractivity contribution in [2.75, 3.05) is 20.1 Å². The molecular weight excluding hydrogens is 454 g/mol. The molecule has 0 atom stereocenters. The first kappa shape index (κ1) is 27.7. The number of ether oxygens (including phenoxy) is 1. The molecule has 1 saturated carbocycles. The van der Waals surface area contributed by atoms with E-state index >= 15 is 0 Å². The van der Waals surface area contributed by atoms with E-state index in [4.69, 9.17) is 4.74 Å². The zero-order chi connectivity index (χ0) is 26.0. The molecule has 0 spiro atoms. The van der Waals surface area contributed by atoms with Crippen molar-refractivity contribution in [2.45, 2.75) is 90.4 Å². The number of H-pyrrole nitrogens is 1. The Labute approximate surface area is 215 Å². The highest BCUT2D eigenvalue weighted by Gasteiger charge is 2.23. The number of carbonyl (C=O) groups is 2. The highest BCUT2D eigenvalue weighted by atomic mass is 16.6. The Morgan fingerprint density at radius 3 is 2.44 bits per heavy atom. The molecule has 3 rings (SSSR count). The second-order valence-corrected chi connectivity index (χ2v) is 10.8. The van der Waals surface area contributed by atoms with Gasteiger partial charge in [-0.25, -0.2) is 9.78 Å². The maximum atomic E-state index is 12.8. The Morgan fingerprint density at radius 2 is 1.81 bits per heavy atom. The molecule has 1 aromatic carbocycles. The predicted molar refractivity (Wildman–Crippen MR) is 142 cm³/mol.